The maximum atomic E-state index is 14.1. The topological polar surface area (TPSA) is 84.3 Å². The fraction of sp³-hybridized carbons (Fsp3) is 0.438. The lowest BCUT2D eigenvalue weighted by atomic mass is 9.95. The SMILES string of the molecule is COc1cc(F)c([N+](=O)[O-])c(N2CCC(c3ncc(C(F)(F)F)[nH]3)CC2)c1. The first-order valence-corrected chi connectivity index (χ1v) is 8.09. The van der Waals surface area contributed by atoms with E-state index < -0.39 is 28.3 Å². The van der Waals surface area contributed by atoms with Gasteiger partial charge in [0.15, 0.2) is 0 Å². The van der Waals surface area contributed by atoms with Crippen LogP contribution in [0.25, 0.3) is 0 Å². The van der Waals surface area contributed by atoms with Gasteiger partial charge in [0.2, 0.25) is 5.82 Å². The highest BCUT2D eigenvalue weighted by Gasteiger charge is 2.35. The van der Waals surface area contributed by atoms with Crippen LogP contribution in [0.3, 0.4) is 0 Å². The van der Waals surface area contributed by atoms with Crippen molar-refractivity contribution in [2.75, 3.05) is 25.1 Å². The summed E-state index contributed by atoms with van der Waals surface area (Å²) >= 11 is 0. The molecule has 1 aromatic carbocycles. The highest BCUT2D eigenvalue weighted by atomic mass is 19.4. The highest BCUT2D eigenvalue weighted by molar-refractivity contribution is 5.67. The van der Waals surface area contributed by atoms with Gasteiger partial charge in [0.05, 0.1) is 18.2 Å². The van der Waals surface area contributed by atoms with Crippen LogP contribution in [0.15, 0.2) is 18.3 Å². The molecule has 1 fully saturated rings. The minimum absolute atomic E-state index is 0.0886. The Labute approximate surface area is 151 Å². The molecule has 0 spiro atoms. The first-order valence-electron chi connectivity index (χ1n) is 8.09. The highest BCUT2D eigenvalue weighted by Crippen LogP contribution is 2.38. The number of H-pyrrole nitrogens is 1. The van der Waals surface area contributed by atoms with Crippen molar-refractivity contribution in [2.45, 2.75) is 24.9 Å². The molecule has 1 aliphatic heterocycles. The van der Waals surface area contributed by atoms with E-state index >= 15 is 0 Å². The van der Waals surface area contributed by atoms with Crippen molar-refractivity contribution in [3.63, 3.8) is 0 Å². The third-order valence-corrected chi connectivity index (χ3v) is 4.56. The van der Waals surface area contributed by atoms with Gasteiger partial charge in [-0.05, 0) is 12.8 Å². The number of alkyl halides is 3. The van der Waals surface area contributed by atoms with Gasteiger partial charge in [0.1, 0.15) is 23.0 Å². The van der Waals surface area contributed by atoms with Crippen molar-refractivity contribution in [3.8, 4) is 5.75 Å². The Hall–Kier alpha value is -2.85. The number of aromatic nitrogens is 2. The number of piperidine rings is 1. The Morgan fingerprint density at radius 2 is 2.00 bits per heavy atom. The molecule has 1 aromatic heterocycles. The number of rotatable bonds is 4. The molecule has 3 rings (SSSR count). The second-order valence-electron chi connectivity index (χ2n) is 6.18. The third kappa shape index (κ3) is 3.81. The summed E-state index contributed by atoms with van der Waals surface area (Å²) in [5, 5.41) is 11.2. The van der Waals surface area contributed by atoms with E-state index in [0.717, 1.165) is 12.3 Å². The number of nitro benzene ring substituents is 1. The van der Waals surface area contributed by atoms with Crippen molar-refractivity contribution in [2.24, 2.45) is 0 Å². The molecule has 146 valence electrons. The van der Waals surface area contributed by atoms with Crippen LogP contribution in [0, 0.1) is 15.9 Å². The Morgan fingerprint density at radius 1 is 1.33 bits per heavy atom. The zero-order chi connectivity index (χ0) is 19.8. The minimum atomic E-state index is -4.50. The summed E-state index contributed by atoms with van der Waals surface area (Å²) in [5.41, 5.74) is -1.47. The molecule has 0 saturated carbocycles. The van der Waals surface area contributed by atoms with Gasteiger partial charge in [-0.2, -0.15) is 17.6 Å². The van der Waals surface area contributed by atoms with Gasteiger partial charge in [0, 0.05) is 31.1 Å². The van der Waals surface area contributed by atoms with E-state index in [4.69, 9.17) is 4.74 Å². The van der Waals surface area contributed by atoms with Crippen molar-refractivity contribution in [1.82, 2.24) is 9.97 Å². The summed E-state index contributed by atoms with van der Waals surface area (Å²) in [6.07, 6.45) is -2.91. The fourth-order valence-corrected chi connectivity index (χ4v) is 3.18. The van der Waals surface area contributed by atoms with Crippen molar-refractivity contribution >= 4 is 11.4 Å². The van der Waals surface area contributed by atoms with E-state index in [1.54, 1.807) is 4.90 Å². The Bertz CT molecular complexity index is 845. The lowest BCUT2D eigenvalue weighted by Crippen LogP contribution is -2.33. The number of nitro groups is 1. The van der Waals surface area contributed by atoms with E-state index in [-0.39, 0.29) is 23.2 Å². The van der Waals surface area contributed by atoms with Crippen LogP contribution < -0.4 is 9.64 Å². The van der Waals surface area contributed by atoms with E-state index in [1.807, 2.05) is 0 Å². The van der Waals surface area contributed by atoms with E-state index in [2.05, 4.69) is 9.97 Å². The number of imidazole rings is 1. The zero-order valence-electron chi connectivity index (χ0n) is 14.2. The first kappa shape index (κ1) is 18.9. The standard InChI is InChI=1S/C16H16F4N4O3/c1-27-10-6-11(17)14(24(25)26)12(7-10)23-4-2-9(3-5-23)15-21-8-13(22-15)16(18,19)20/h6-9H,2-5H2,1H3,(H,21,22). The molecule has 0 atom stereocenters. The predicted molar refractivity (Wildman–Crippen MR) is 87.4 cm³/mol. The quantitative estimate of drug-likeness (QED) is 0.488. The van der Waals surface area contributed by atoms with Crippen molar-refractivity contribution in [3.05, 3.63) is 45.8 Å². The van der Waals surface area contributed by atoms with Crippen LogP contribution in [0.4, 0.5) is 28.9 Å². The molecule has 0 radical (unpaired) electrons. The van der Waals surface area contributed by atoms with E-state index in [9.17, 15) is 27.7 Å². The number of anilines is 1. The number of methoxy groups -OCH3 is 1. The number of hydrogen-bond donors (Lipinski definition) is 1. The lowest BCUT2D eigenvalue weighted by Gasteiger charge is -2.32. The Morgan fingerprint density at radius 3 is 2.52 bits per heavy atom. The second kappa shape index (κ2) is 7.05. The molecule has 1 saturated heterocycles. The van der Waals surface area contributed by atoms with Gasteiger partial charge in [-0.3, -0.25) is 10.1 Å². The molecule has 7 nitrogen and oxygen atoms in total. The molecule has 1 N–H and O–H groups in total. The Kier molecular flexibility index (Phi) is 4.94. The Balaban J connectivity index is 1.79. The van der Waals surface area contributed by atoms with Crippen LogP contribution >= 0.6 is 0 Å². The number of benzene rings is 1. The van der Waals surface area contributed by atoms with E-state index in [0.29, 0.717) is 25.9 Å². The molecule has 2 heterocycles. The predicted octanol–water partition coefficient (Wildman–Crippen LogP) is 3.87. The van der Waals surface area contributed by atoms with Gasteiger partial charge in [-0.25, -0.2) is 4.98 Å². The third-order valence-electron chi connectivity index (χ3n) is 4.56. The molecule has 27 heavy (non-hydrogen) atoms. The summed E-state index contributed by atoms with van der Waals surface area (Å²) in [5.74, 6) is -0.867. The maximum Gasteiger partial charge on any atom is 0.432 e. The van der Waals surface area contributed by atoms with Gasteiger partial charge in [-0.15, -0.1) is 0 Å². The maximum absolute atomic E-state index is 14.1. The first-order chi connectivity index (χ1) is 12.7. The molecule has 0 aliphatic carbocycles. The van der Waals surface area contributed by atoms with Crippen LogP contribution in [0.2, 0.25) is 0 Å². The van der Waals surface area contributed by atoms with Crippen LogP contribution in [0.1, 0.15) is 30.3 Å². The van der Waals surface area contributed by atoms with Gasteiger partial charge in [0.25, 0.3) is 0 Å². The molecule has 2 aromatic rings. The number of nitrogens with one attached hydrogen (secondary N) is 1. The summed E-state index contributed by atoms with van der Waals surface area (Å²) < 4.78 is 57.1. The molecule has 0 bridgehead atoms. The average Bonchev–Trinajstić information content (AvgIpc) is 3.11. The lowest BCUT2D eigenvalue weighted by molar-refractivity contribution is -0.386. The minimum Gasteiger partial charge on any atom is -0.497 e. The average molecular weight is 388 g/mol. The number of ether oxygens (including phenoxy) is 1. The van der Waals surface area contributed by atoms with Gasteiger partial charge in [-0.1, -0.05) is 0 Å². The van der Waals surface area contributed by atoms with E-state index in [1.165, 1.54) is 13.2 Å². The van der Waals surface area contributed by atoms with Gasteiger partial charge >= 0.3 is 11.9 Å². The summed E-state index contributed by atoms with van der Waals surface area (Å²) in [4.78, 5) is 18.2. The fourth-order valence-electron chi connectivity index (χ4n) is 3.18. The van der Waals surface area contributed by atoms with Gasteiger partial charge < -0.3 is 14.6 Å². The number of hydrogen-bond acceptors (Lipinski definition) is 5. The number of halogens is 4. The second-order valence-corrected chi connectivity index (χ2v) is 6.18. The van der Waals surface area contributed by atoms with Crippen LogP contribution in [0.5, 0.6) is 5.75 Å². The summed E-state index contributed by atoms with van der Waals surface area (Å²) in [6.45, 7) is 0.611. The molecule has 0 unspecified atom stereocenters. The van der Waals surface area contributed by atoms with Crippen LogP contribution in [-0.4, -0.2) is 35.1 Å². The molecule has 0 amide bonds. The van der Waals surface area contributed by atoms with Crippen molar-refractivity contribution in [1.29, 1.82) is 0 Å². The molecule has 1 aliphatic rings. The molecule has 11 heteroatoms. The summed E-state index contributed by atoms with van der Waals surface area (Å²) in [7, 11) is 1.33. The van der Waals surface area contributed by atoms with Crippen LogP contribution in [-0.2, 0) is 6.18 Å². The molecular weight excluding hydrogens is 372 g/mol. The number of nitrogens with zero attached hydrogens (tertiary/aromatic N) is 3. The number of aromatic amines is 1. The molecular formula is C16H16F4N4O3. The largest absolute Gasteiger partial charge is 0.497 e. The smallest absolute Gasteiger partial charge is 0.432 e. The normalized spacial score (nSPS) is 15.8. The summed E-state index contributed by atoms with van der Waals surface area (Å²) in [6, 6.07) is 2.33. The zero-order valence-corrected chi connectivity index (χ0v) is 14.2. The monoisotopic (exact) mass is 388 g/mol. The van der Waals surface area contributed by atoms with Crippen molar-refractivity contribution < 1.29 is 27.2 Å².